The molecule has 4 heteroatoms. The molecule has 3 nitrogen and oxygen atoms in total. The Hall–Kier alpha value is -2.00. The van der Waals surface area contributed by atoms with E-state index < -0.39 is 0 Å². The molecule has 1 fully saturated rings. The minimum absolute atomic E-state index is 0.497. The largest absolute Gasteiger partial charge is 0.396 e. The Morgan fingerprint density at radius 2 is 2.05 bits per heavy atom. The second-order valence-electron chi connectivity index (χ2n) is 6.10. The minimum Gasteiger partial charge on any atom is -0.396 e. The van der Waals surface area contributed by atoms with Crippen molar-refractivity contribution in [1.29, 1.82) is 0 Å². The van der Waals surface area contributed by atoms with Gasteiger partial charge in [-0.25, -0.2) is 0 Å². The Labute approximate surface area is 134 Å². The molecule has 0 aliphatic heterocycles. The fraction of sp³-hybridized carbons (Fsp3) is 0.278. The lowest BCUT2D eigenvalue weighted by molar-refractivity contribution is 0.324. The highest BCUT2D eigenvalue weighted by Gasteiger charge is 2.27. The molecule has 0 bridgehead atoms. The van der Waals surface area contributed by atoms with Gasteiger partial charge in [0.15, 0.2) is 0 Å². The van der Waals surface area contributed by atoms with Gasteiger partial charge in [0.1, 0.15) is 0 Å². The van der Waals surface area contributed by atoms with Gasteiger partial charge in [-0.1, -0.05) is 17.7 Å². The van der Waals surface area contributed by atoms with Crippen molar-refractivity contribution < 1.29 is 0 Å². The molecule has 3 aromatic rings. The van der Waals surface area contributed by atoms with Crippen molar-refractivity contribution in [3.8, 4) is 11.4 Å². The van der Waals surface area contributed by atoms with Crippen molar-refractivity contribution in [2.24, 2.45) is 0 Å². The molecule has 2 aromatic heterocycles. The van der Waals surface area contributed by atoms with E-state index in [0.717, 1.165) is 38.6 Å². The lowest BCUT2D eigenvalue weighted by Crippen LogP contribution is -2.18. The van der Waals surface area contributed by atoms with Gasteiger partial charge >= 0.3 is 0 Å². The van der Waals surface area contributed by atoms with E-state index in [2.05, 4.69) is 21.7 Å². The molecule has 112 valence electrons. The zero-order valence-electron chi connectivity index (χ0n) is 12.5. The van der Waals surface area contributed by atoms with Gasteiger partial charge < -0.3 is 10.3 Å². The second-order valence-corrected chi connectivity index (χ2v) is 6.54. The number of hydrogen-bond donors (Lipinski definition) is 1. The van der Waals surface area contributed by atoms with Crippen LogP contribution in [0.15, 0.2) is 36.5 Å². The van der Waals surface area contributed by atoms with E-state index in [0.29, 0.717) is 6.04 Å². The molecule has 1 aliphatic carbocycles. The van der Waals surface area contributed by atoms with Gasteiger partial charge in [-0.3, -0.25) is 4.98 Å². The topological polar surface area (TPSA) is 43.8 Å². The van der Waals surface area contributed by atoms with E-state index in [1.54, 1.807) is 0 Å². The molecule has 0 atom stereocenters. The quantitative estimate of drug-likeness (QED) is 0.726. The lowest BCUT2D eigenvalue weighted by atomic mass is 9.92. The fourth-order valence-electron chi connectivity index (χ4n) is 3.20. The van der Waals surface area contributed by atoms with Crippen LogP contribution in [-0.2, 0) is 0 Å². The van der Waals surface area contributed by atoms with E-state index >= 15 is 0 Å². The molecule has 0 saturated heterocycles. The first-order valence-electron chi connectivity index (χ1n) is 7.67. The maximum absolute atomic E-state index is 6.47. The Morgan fingerprint density at radius 3 is 2.68 bits per heavy atom. The number of pyridine rings is 1. The molecule has 0 radical (unpaired) electrons. The van der Waals surface area contributed by atoms with E-state index in [1.165, 1.54) is 19.3 Å². The molecule has 4 rings (SSSR count). The van der Waals surface area contributed by atoms with E-state index in [1.807, 2.05) is 31.3 Å². The van der Waals surface area contributed by atoms with Crippen LogP contribution in [0, 0.1) is 6.92 Å². The van der Waals surface area contributed by atoms with Crippen LogP contribution in [0.1, 0.15) is 30.9 Å². The van der Waals surface area contributed by atoms with Gasteiger partial charge in [-0.05, 0) is 56.0 Å². The standard InChI is InChI=1S/C18H18ClN3/c1-11-5-8-15(21-10-11)18-17(20)14-7-6-12(19)9-16(14)22(18)13-3-2-4-13/h5-10,13H,2-4,20H2,1H3. The summed E-state index contributed by atoms with van der Waals surface area (Å²) in [5.41, 5.74) is 11.5. The third-order valence-electron chi connectivity index (χ3n) is 4.60. The average molecular weight is 312 g/mol. The van der Waals surface area contributed by atoms with E-state index in [-0.39, 0.29) is 0 Å². The summed E-state index contributed by atoms with van der Waals surface area (Å²) < 4.78 is 2.34. The van der Waals surface area contributed by atoms with Crippen LogP contribution >= 0.6 is 11.6 Å². The molecule has 1 saturated carbocycles. The summed E-state index contributed by atoms with van der Waals surface area (Å²) in [6, 6.07) is 10.6. The third kappa shape index (κ3) is 2.00. The number of halogens is 1. The molecule has 0 unspecified atom stereocenters. The number of nitrogens with zero attached hydrogens (tertiary/aromatic N) is 2. The minimum atomic E-state index is 0.497. The van der Waals surface area contributed by atoms with Crippen molar-refractivity contribution >= 4 is 28.2 Å². The number of aryl methyl sites for hydroxylation is 1. The monoisotopic (exact) mass is 311 g/mol. The molecule has 0 amide bonds. The summed E-state index contributed by atoms with van der Waals surface area (Å²) in [5, 5.41) is 1.81. The van der Waals surface area contributed by atoms with E-state index in [9.17, 15) is 0 Å². The normalized spacial score (nSPS) is 15.2. The predicted molar refractivity (Wildman–Crippen MR) is 92.2 cm³/mol. The average Bonchev–Trinajstić information content (AvgIpc) is 2.71. The van der Waals surface area contributed by atoms with Crippen LogP contribution < -0.4 is 5.73 Å². The summed E-state index contributed by atoms with van der Waals surface area (Å²) in [6.07, 6.45) is 5.54. The second kappa shape index (κ2) is 5.03. The predicted octanol–water partition coefficient (Wildman–Crippen LogP) is 4.97. The summed E-state index contributed by atoms with van der Waals surface area (Å²) in [6.45, 7) is 2.04. The molecular formula is C18H18ClN3. The summed E-state index contributed by atoms with van der Waals surface area (Å²) in [5.74, 6) is 0. The Morgan fingerprint density at radius 1 is 1.23 bits per heavy atom. The molecule has 1 aliphatic rings. The van der Waals surface area contributed by atoms with Crippen LogP contribution in [0.3, 0.4) is 0 Å². The number of aromatic nitrogens is 2. The van der Waals surface area contributed by atoms with Crippen molar-refractivity contribution in [1.82, 2.24) is 9.55 Å². The molecule has 1 aromatic carbocycles. The highest BCUT2D eigenvalue weighted by atomic mass is 35.5. The molecule has 2 N–H and O–H groups in total. The number of fused-ring (bicyclic) bond motifs is 1. The van der Waals surface area contributed by atoms with Gasteiger partial charge in [0.05, 0.1) is 22.6 Å². The van der Waals surface area contributed by atoms with Gasteiger partial charge in [-0.2, -0.15) is 0 Å². The molecule has 22 heavy (non-hydrogen) atoms. The van der Waals surface area contributed by atoms with Gasteiger partial charge in [0, 0.05) is 22.6 Å². The van der Waals surface area contributed by atoms with Crippen LogP contribution in [0.4, 0.5) is 5.69 Å². The molecule has 2 heterocycles. The number of benzene rings is 1. The number of hydrogen-bond acceptors (Lipinski definition) is 2. The first-order valence-corrected chi connectivity index (χ1v) is 8.05. The molecule has 0 spiro atoms. The fourth-order valence-corrected chi connectivity index (χ4v) is 3.37. The number of nitrogens with two attached hydrogens (primary N) is 1. The van der Waals surface area contributed by atoms with Crippen LogP contribution in [0.5, 0.6) is 0 Å². The Kier molecular flexibility index (Phi) is 3.12. The Balaban J connectivity index is 2.03. The van der Waals surface area contributed by atoms with Crippen molar-refractivity contribution in [3.05, 3.63) is 47.1 Å². The lowest BCUT2D eigenvalue weighted by Gasteiger charge is -2.30. The van der Waals surface area contributed by atoms with Crippen molar-refractivity contribution in [2.45, 2.75) is 32.2 Å². The summed E-state index contributed by atoms with van der Waals surface area (Å²) >= 11 is 6.22. The van der Waals surface area contributed by atoms with Crippen LogP contribution in [-0.4, -0.2) is 9.55 Å². The number of nitrogen functional groups attached to an aromatic ring is 1. The van der Waals surface area contributed by atoms with Crippen LogP contribution in [0.25, 0.3) is 22.3 Å². The summed E-state index contributed by atoms with van der Waals surface area (Å²) in [4.78, 5) is 4.59. The van der Waals surface area contributed by atoms with E-state index in [4.69, 9.17) is 17.3 Å². The van der Waals surface area contributed by atoms with Crippen LogP contribution in [0.2, 0.25) is 5.02 Å². The SMILES string of the molecule is Cc1ccc(-c2c(N)c3ccc(Cl)cc3n2C2CCC2)nc1. The maximum Gasteiger partial charge on any atom is 0.0915 e. The third-order valence-corrected chi connectivity index (χ3v) is 4.83. The molecular weight excluding hydrogens is 294 g/mol. The summed E-state index contributed by atoms with van der Waals surface area (Å²) in [7, 11) is 0. The van der Waals surface area contributed by atoms with Crippen molar-refractivity contribution in [3.63, 3.8) is 0 Å². The zero-order valence-corrected chi connectivity index (χ0v) is 13.3. The van der Waals surface area contributed by atoms with Gasteiger partial charge in [0.25, 0.3) is 0 Å². The van der Waals surface area contributed by atoms with Crippen molar-refractivity contribution in [2.75, 3.05) is 5.73 Å². The zero-order chi connectivity index (χ0) is 15.3. The number of rotatable bonds is 2. The first kappa shape index (κ1) is 13.6. The first-order chi connectivity index (χ1) is 10.6. The maximum atomic E-state index is 6.47. The smallest absolute Gasteiger partial charge is 0.0915 e. The van der Waals surface area contributed by atoms with Gasteiger partial charge in [-0.15, -0.1) is 0 Å². The highest BCUT2D eigenvalue weighted by molar-refractivity contribution is 6.31. The highest BCUT2D eigenvalue weighted by Crippen LogP contribution is 2.43. The Bertz CT molecular complexity index is 845. The van der Waals surface area contributed by atoms with Gasteiger partial charge in [0.2, 0.25) is 0 Å². The number of anilines is 1.